The van der Waals surface area contributed by atoms with Crippen molar-refractivity contribution in [3.05, 3.63) is 0 Å². The van der Waals surface area contributed by atoms with E-state index < -0.39 is 130 Å². The van der Waals surface area contributed by atoms with Crippen molar-refractivity contribution in [1.82, 2.24) is 10.6 Å². The van der Waals surface area contributed by atoms with Crippen LogP contribution in [0.25, 0.3) is 0 Å². The van der Waals surface area contributed by atoms with Gasteiger partial charge in [0.1, 0.15) is 42.2 Å². The van der Waals surface area contributed by atoms with E-state index in [1.807, 2.05) is 0 Å². The molecule has 0 saturated carbocycles. The van der Waals surface area contributed by atoms with Gasteiger partial charge in [0.2, 0.25) is 0 Å². The predicted molar refractivity (Wildman–Crippen MR) is 155 cm³/mol. The van der Waals surface area contributed by atoms with Gasteiger partial charge in [-0.1, -0.05) is 0 Å². The number of hydrogen-bond acceptors (Lipinski definition) is 19. The number of amides is 1. The molecule has 20 heteroatoms. The molecule has 1 amide bonds. The van der Waals surface area contributed by atoms with Crippen LogP contribution in [0, 0.1) is 0 Å². The predicted octanol–water partition coefficient (Wildman–Crippen LogP) is -8.80. The maximum atomic E-state index is 12.7. The largest absolute Gasteiger partial charge is 0.394 e. The summed E-state index contributed by atoms with van der Waals surface area (Å²) in [6, 6.07) is -3.15. The van der Waals surface area contributed by atoms with E-state index in [-0.39, 0.29) is 13.1 Å². The van der Waals surface area contributed by atoms with Crippen LogP contribution in [0.15, 0.2) is 0 Å². The van der Waals surface area contributed by atoms with Crippen LogP contribution in [-0.4, -0.2) is 194 Å². The molecule has 18 N–H and O–H groups in total. The molecule has 2 aliphatic heterocycles. The summed E-state index contributed by atoms with van der Waals surface area (Å²) in [5.41, 5.74) is 15.6. The first-order valence-corrected chi connectivity index (χ1v) is 15.1. The van der Waals surface area contributed by atoms with Gasteiger partial charge >= 0.3 is 0 Å². The van der Waals surface area contributed by atoms with E-state index in [4.69, 9.17) is 36.1 Å². The molecule has 20 nitrogen and oxygen atoms in total. The maximum absolute atomic E-state index is 12.7. The van der Waals surface area contributed by atoms with Gasteiger partial charge in [-0.2, -0.15) is 0 Å². The number of nitrogens with one attached hydrogen (secondary N) is 2. The standard InChI is InChI=1S/C26H53N5O15/c1-11(31-23(41)21(40)18(37)14(35)4-27)22(46-25-20(39)17(29)19(38)16(6-32)45-25)15(36)7-43-24-13(28)3-2-12(44-24)5-30-8-26(42,9-33)10-34/h11-22,24-25,30,32-40,42H,2-10,27-29H2,1H3,(H,31,41)/t11-,12+,13?,14+,15?,16?,17+,18+,19?,20?,21+,22?,24+,25-/m1/s1. The molecule has 0 spiro atoms. The van der Waals surface area contributed by atoms with Gasteiger partial charge in [0.25, 0.3) is 5.91 Å². The molecule has 2 heterocycles. The zero-order chi connectivity index (χ0) is 34.8. The van der Waals surface area contributed by atoms with Crippen LogP contribution in [0.2, 0.25) is 0 Å². The second-order valence-electron chi connectivity index (χ2n) is 11.9. The molecule has 2 saturated heterocycles. The summed E-state index contributed by atoms with van der Waals surface area (Å²) in [6.45, 7) is -1.55. The summed E-state index contributed by atoms with van der Waals surface area (Å²) in [5.74, 6) is -1.16. The van der Waals surface area contributed by atoms with Gasteiger partial charge in [-0.3, -0.25) is 4.79 Å². The molecule has 0 aromatic carbocycles. The summed E-state index contributed by atoms with van der Waals surface area (Å²) < 4.78 is 22.9. The van der Waals surface area contributed by atoms with Crippen LogP contribution in [0.1, 0.15) is 19.8 Å². The molecule has 2 rings (SSSR count). The van der Waals surface area contributed by atoms with Gasteiger partial charge in [0.05, 0.1) is 56.8 Å². The van der Waals surface area contributed by atoms with Crippen molar-refractivity contribution in [3.63, 3.8) is 0 Å². The Morgan fingerprint density at radius 1 is 1.00 bits per heavy atom. The summed E-state index contributed by atoms with van der Waals surface area (Å²) >= 11 is 0. The van der Waals surface area contributed by atoms with E-state index in [0.29, 0.717) is 12.8 Å². The first-order valence-electron chi connectivity index (χ1n) is 15.1. The fourth-order valence-electron chi connectivity index (χ4n) is 4.92. The van der Waals surface area contributed by atoms with E-state index in [0.717, 1.165) is 0 Å². The Bertz CT molecular complexity index is 893. The molecule has 0 bridgehead atoms. The highest BCUT2D eigenvalue weighted by Gasteiger charge is 2.46. The second kappa shape index (κ2) is 19.1. The number of carbonyl (C=O) groups excluding carboxylic acids is 1. The average molecular weight is 676 g/mol. The fraction of sp³-hybridized carbons (Fsp3) is 0.962. The number of carbonyl (C=O) groups is 1. The summed E-state index contributed by atoms with van der Waals surface area (Å²) in [6.07, 6.45) is -15.3. The van der Waals surface area contributed by atoms with Crippen LogP contribution >= 0.6 is 0 Å². The maximum Gasteiger partial charge on any atom is 0.251 e. The van der Waals surface area contributed by atoms with Gasteiger partial charge in [-0.05, 0) is 19.8 Å². The molecule has 6 unspecified atom stereocenters. The Morgan fingerprint density at radius 2 is 1.65 bits per heavy atom. The van der Waals surface area contributed by atoms with Gasteiger partial charge in [-0.15, -0.1) is 0 Å². The highest BCUT2D eigenvalue weighted by molar-refractivity contribution is 5.81. The molecule has 2 fully saturated rings. The normalized spacial score (nSPS) is 33.1. The number of aliphatic hydroxyl groups excluding tert-OH is 9. The van der Waals surface area contributed by atoms with Gasteiger partial charge < -0.3 is 97.8 Å². The molecule has 0 aromatic heterocycles. The van der Waals surface area contributed by atoms with Crippen LogP contribution < -0.4 is 27.8 Å². The van der Waals surface area contributed by atoms with Crippen molar-refractivity contribution in [1.29, 1.82) is 0 Å². The van der Waals surface area contributed by atoms with Crippen molar-refractivity contribution < 1.29 is 74.8 Å². The molecule has 14 atom stereocenters. The quantitative estimate of drug-likeness (QED) is 0.0604. The first kappa shape index (κ1) is 40.9. The lowest BCUT2D eigenvalue weighted by Crippen LogP contribution is -2.64. The minimum absolute atomic E-state index is 0.122. The van der Waals surface area contributed by atoms with Crippen molar-refractivity contribution in [2.75, 3.05) is 46.1 Å². The van der Waals surface area contributed by atoms with Gasteiger partial charge in [0.15, 0.2) is 18.7 Å². The number of hydrogen-bond donors (Lipinski definition) is 15. The minimum atomic E-state index is -2.13. The SMILES string of the molecule is C[C@@H](NC(=O)[C@@H](O)[C@@H](O)[C@@H](O)CN)C(O[C@H]1OC(CO)C(O)[C@H](N)C1O)C(O)CO[C@H]1O[C@H](CNCC(O)(CO)CO)CCC1N. The van der Waals surface area contributed by atoms with Crippen molar-refractivity contribution in [2.45, 2.75) is 111 Å². The monoisotopic (exact) mass is 675 g/mol. The summed E-state index contributed by atoms with van der Waals surface area (Å²) in [5, 5.41) is 105. The Labute approximate surface area is 266 Å². The van der Waals surface area contributed by atoms with Crippen LogP contribution in [-0.2, 0) is 23.7 Å². The molecule has 2 aliphatic rings. The zero-order valence-electron chi connectivity index (χ0n) is 25.7. The summed E-state index contributed by atoms with van der Waals surface area (Å²) in [7, 11) is 0. The van der Waals surface area contributed by atoms with Gasteiger partial charge in [0, 0.05) is 19.6 Å². The lowest BCUT2D eigenvalue weighted by atomic mass is 9.97. The van der Waals surface area contributed by atoms with E-state index in [2.05, 4.69) is 10.6 Å². The summed E-state index contributed by atoms with van der Waals surface area (Å²) in [4.78, 5) is 12.7. The second-order valence-corrected chi connectivity index (χ2v) is 11.9. The Balaban J connectivity index is 2.14. The van der Waals surface area contributed by atoms with Crippen LogP contribution in [0.4, 0.5) is 0 Å². The molecule has 0 aliphatic carbocycles. The third-order valence-corrected chi connectivity index (χ3v) is 8.04. The molecular weight excluding hydrogens is 622 g/mol. The van der Waals surface area contributed by atoms with E-state index >= 15 is 0 Å². The lowest BCUT2D eigenvalue weighted by Gasteiger charge is -2.43. The number of nitrogens with two attached hydrogens (primary N) is 3. The fourth-order valence-corrected chi connectivity index (χ4v) is 4.92. The number of aliphatic hydroxyl groups is 10. The van der Waals surface area contributed by atoms with E-state index in [1.54, 1.807) is 0 Å². The molecule has 46 heavy (non-hydrogen) atoms. The van der Waals surface area contributed by atoms with E-state index in [9.17, 15) is 55.9 Å². The van der Waals surface area contributed by atoms with Crippen LogP contribution in [0.5, 0.6) is 0 Å². The zero-order valence-corrected chi connectivity index (χ0v) is 25.7. The van der Waals surface area contributed by atoms with Crippen molar-refractivity contribution >= 4 is 5.91 Å². The Hall–Kier alpha value is -1.25. The third kappa shape index (κ3) is 11.1. The third-order valence-electron chi connectivity index (χ3n) is 8.04. The molecule has 0 aromatic rings. The minimum Gasteiger partial charge on any atom is -0.394 e. The molecule has 0 radical (unpaired) electrons. The van der Waals surface area contributed by atoms with Crippen LogP contribution in [0.3, 0.4) is 0 Å². The number of ether oxygens (including phenoxy) is 4. The average Bonchev–Trinajstić information content (AvgIpc) is 3.05. The van der Waals surface area contributed by atoms with Gasteiger partial charge in [-0.25, -0.2) is 0 Å². The Morgan fingerprint density at radius 3 is 2.24 bits per heavy atom. The van der Waals surface area contributed by atoms with Crippen molar-refractivity contribution in [2.24, 2.45) is 17.2 Å². The van der Waals surface area contributed by atoms with Crippen molar-refractivity contribution in [3.8, 4) is 0 Å². The molecular formula is C26H53N5O15. The lowest BCUT2D eigenvalue weighted by molar-refractivity contribution is -0.302. The number of rotatable bonds is 19. The highest BCUT2D eigenvalue weighted by Crippen LogP contribution is 2.25. The highest BCUT2D eigenvalue weighted by atomic mass is 16.7. The van der Waals surface area contributed by atoms with E-state index in [1.165, 1.54) is 6.92 Å². The smallest absolute Gasteiger partial charge is 0.251 e. The first-order chi connectivity index (χ1) is 21.6. The topological polar surface area (TPSA) is 358 Å². The Kier molecular flexibility index (Phi) is 17.0. The molecule has 272 valence electrons.